The maximum absolute atomic E-state index is 12.5. The quantitative estimate of drug-likeness (QED) is 0.616. The molecule has 0 spiro atoms. The zero-order valence-corrected chi connectivity index (χ0v) is 16.9. The molecule has 1 heterocycles. The van der Waals surface area contributed by atoms with Gasteiger partial charge in [0.2, 0.25) is 0 Å². The lowest BCUT2D eigenvalue weighted by molar-refractivity contribution is 0.102. The first-order chi connectivity index (χ1) is 13.9. The molecule has 2 aromatic carbocycles. The first kappa shape index (κ1) is 20.3. The van der Waals surface area contributed by atoms with Crippen molar-refractivity contribution in [3.8, 4) is 5.75 Å². The molecule has 0 aliphatic rings. The van der Waals surface area contributed by atoms with E-state index >= 15 is 0 Å². The van der Waals surface area contributed by atoms with Gasteiger partial charge in [-0.3, -0.25) is 14.5 Å². The van der Waals surface area contributed by atoms with Crippen LogP contribution in [0.25, 0.3) is 0 Å². The van der Waals surface area contributed by atoms with Gasteiger partial charge in [0, 0.05) is 11.9 Å². The average Bonchev–Trinajstić information content (AvgIpc) is 2.70. The molecule has 1 aromatic heterocycles. The van der Waals surface area contributed by atoms with Gasteiger partial charge in [0.15, 0.2) is 0 Å². The second-order valence-electron chi connectivity index (χ2n) is 6.29. The fourth-order valence-corrected chi connectivity index (χ4v) is 3.59. The minimum Gasteiger partial charge on any atom is -0.494 e. The number of anilines is 2. The monoisotopic (exact) mass is 411 g/mol. The van der Waals surface area contributed by atoms with E-state index in [0.717, 1.165) is 5.56 Å². The molecule has 0 saturated heterocycles. The van der Waals surface area contributed by atoms with Gasteiger partial charge < -0.3 is 10.1 Å². The molecule has 7 nitrogen and oxygen atoms in total. The van der Waals surface area contributed by atoms with Gasteiger partial charge >= 0.3 is 0 Å². The van der Waals surface area contributed by atoms with Crippen LogP contribution in [0.3, 0.4) is 0 Å². The Kier molecular flexibility index (Phi) is 6.13. The smallest absolute Gasteiger partial charge is 0.261 e. The lowest BCUT2D eigenvalue weighted by atomic mass is 10.2. The molecule has 1 amide bonds. The summed E-state index contributed by atoms with van der Waals surface area (Å²) >= 11 is 0. The van der Waals surface area contributed by atoms with E-state index in [1.807, 2.05) is 13.8 Å². The first-order valence-corrected chi connectivity index (χ1v) is 10.4. The molecule has 0 radical (unpaired) electrons. The van der Waals surface area contributed by atoms with Crippen molar-refractivity contribution in [2.45, 2.75) is 18.7 Å². The summed E-state index contributed by atoms with van der Waals surface area (Å²) in [5, 5.41) is 2.74. The van der Waals surface area contributed by atoms with E-state index in [0.29, 0.717) is 18.0 Å². The number of hydrogen-bond donors (Lipinski definition) is 2. The third-order valence-corrected chi connectivity index (χ3v) is 5.40. The number of aromatic nitrogens is 1. The number of ether oxygens (including phenoxy) is 1. The number of sulfonamides is 1. The van der Waals surface area contributed by atoms with Crippen LogP contribution in [0.4, 0.5) is 11.4 Å². The van der Waals surface area contributed by atoms with Crippen molar-refractivity contribution in [2.24, 2.45) is 0 Å². The topological polar surface area (TPSA) is 97.4 Å². The van der Waals surface area contributed by atoms with E-state index in [9.17, 15) is 13.2 Å². The summed E-state index contributed by atoms with van der Waals surface area (Å²) in [7, 11) is -3.78. The molecule has 3 aromatic rings. The molecule has 0 unspecified atom stereocenters. The largest absolute Gasteiger partial charge is 0.494 e. The van der Waals surface area contributed by atoms with Gasteiger partial charge in [-0.25, -0.2) is 8.42 Å². The zero-order valence-electron chi connectivity index (χ0n) is 16.0. The SMILES string of the molecule is CCOc1ccc(NC(=O)c2cncc(NS(=O)(=O)c3ccc(C)cc3)c2)cc1. The molecule has 0 atom stereocenters. The highest BCUT2D eigenvalue weighted by molar-refractivity contribution is 7.92. The van der Waals surface area contributed by atoms with Gasteiger partial charge in [0.25, 0.3) is 15.9 Å². The Balaban J connectivity index is 1.73. The van der Waals surface area contributed by atoms with Crippen LogP contribution in [-0.4, -0.2) is 25.9 Å². The summed E-state index contributed by atoms with van der Waals surface area (Å²) < 4.78 is 32.9. The van der Waals surface area contributed by atoms with Crippen LogP contribution in [0.15, 0.2) is 71.9 Å². The predicted octanol–water partition coefficient (Wildman–Crippen LogP) is 3.84. The van der Waals surface area contributed by atoms with Crippen molar-refractivity contribution < 1.29 is 17.9 Å². The molecule has 8 heteroatoms. The predicted molar refractivity (Wildman–Crippen MR) is 112 cm³/mol. The van der Waals surface area contributed by atoms with E-state index in [1.165, 1.54) is 30.6 Å². The molecule has 0 saturated carbocycles. The highest BCUT2D eigenvalue weighted by Gasteiger charge is 2.15. The van der Waals surface area contributed by atoms with Crippen molar-refractivity contribution in [3.05, 3.63) is 78.1 Å². The number of carbonyl (C=O) groups excluding carboxylic acids is 1. The lowest BCUT2D eigenvalue weighted by Gasteiger charge is -2.10. The molecule has 0 fully saturated rings. The Morgan fingerprint density at radius 3 is 2.34 bits per heavy atom. The highest BCUT2D eigenvalue weighted by atomic mass is 32.2. The number of aryl methyl sites for hydroxylation is 1. The Bertz CT molecular complexity index is 1100. The van der Waals surface area contributed by atoms with Crippen LogP contribution < -0.4 is 14.8 Å². The number of nitrogens with one attached hydrogen (secondary N) is 2. The van der Waals surface area contributed by atoms with Crippen molar-refractivity contribution in [1.29, 1.82) is 0 Å². The first-order valence-electron chi connectivity index (χ1n) is 8.96. The summed E-state index contributed by atoms with van der Waals surface area (Å²) in [6.45, 7) is 4.33. The molecule has 29 heavy (non-hydrogen) atoms. The molecular formula is C21H21N3O4S. The Hall–Kier alpha value is -3.39. The highest BCUT2D eigenvalue weighted by Crippen LogP contribution is 2.19. The van der Waals surface area contributed by atoms with Gasteiger partial charge in [-0.2, -0.15) is 0 Å². The number of nitrogens with zero attached hydrogens (tertiary/aromatic N) is 1. The zero-order chi connectivity index (χ0) is 20.9. The summed E-state index contributed by atoms with van der Waals surface area (Å²) in [5.74, 6) is 0.303. The number of pyridine rings is 1. The Morgan fingerprint density at radius 2 is 1.69 bits per heavy atom. The maximum Gasteiger partial charge on any atom is 0.261 e. The molecule has 150 valence electrons. The van der Waals surface area contributed by atoms with Crippen LogP contribution >= 0.6 is 0 Å². The number of benzene rings is 2. The third-order valence-electron chi connectivity index (χ3n) is 4.01. The standard InChI is InChI=1S/C21H21N3O4S/c1-3-28-19-8-6-17(7-9-19)23-21(25)16-12-18(14-22-13-16)24-29(26,27)20-10-4-15(2)5-11-20/h4-14,24H,3H2,1-2H3,(H,23,25). The van der Waals surface area contributed by atoms with Gasteiger partial charge in [0.1, 0.15) is 5.75 Å². The molecular weight excluding hydrogens is 390 g/mol. The van der Waals surface area contributed by atoms with Crippen molar-refractivity contribution >= 4 is 27.3 Å². The van der Waals surface area contributed by atoms with Crippen molar-refractivity contribution in [2.75, 3.05) is 16.6 Å². The van der Waals surface area contributed by atoms with Gasteiger partial charge in [-0.15, -0.1) is 0 Å². The molecule has 2 N–H and O–H groups in total. The summed E-state index contributed by atoms with van der Waals surface area (Å²) in [5.41, 5.74) is 1.97. The van der Waals surface area contributed by atoms with Gasteiger partial charge in [-0.05, 0) is 56.3 Å². The molecule has 0 aliphatic heterocycles. The van der Waals surface area contributed by atoms with Crippen molar-refractivity contribution in [1.82, 2.24) is 4.98 Å². The van der Waals surface area contributed by atoms with Crippen LogP contribution in [0, 0.1) is 6.92 Å². The third kappa shape index (κ3) is 5.32. The minimum absolute atomic E-state index is 0.132. The normalized spacial score (nSPS) is 11.0. The molecule has 0 bridgehead atoms. The average molecular weight is 411 g/mol. The number of rotatable bonds is 7. The number of hydrogen-bond acceptors (Lipinski definition) is 5. The van der Waals surface area contributed by atoms with Gasteiger partial charge in [0.05, 0.1) is 29.0 Å². The van der Waals surface area contributed by atoms with E-state index in [-0.39, 0.29) is 16.1 Å². The summed E-state index contributed by atoms with van der Waals surface area (Å²) in [4.78, 5) is 16.6. The van der Waals surface area contributed by atoms with E-state index in [2.05, 4.69) is 15.0 Å². The summed E-state index contributed by atoms with van der Waals surface area (Å²) in [6.07, 6.45) is 2.72. The van der Waals surface area contributed by atoms with Crippen LogP contribution in [0.5, 0.6) is 5.75 Å². The second-order valence-corrected chi connectivity index (χ2v) is 7.97. The van der Waals surface area contributed by atoms with Crippen LogP contribution in [-0.2, 0) is 10.0 Å². The van der Waals surface area contributed by atoms with Crippen LogP contribution in [0.1, 0.15) is 22.8 Å². The number of amides is 1. The maximum atomic E-state index is 12.5. The van der Waals surface area contributed by atoms with Gasteiger partial charge in [-0.1, -0.05) is 17.7 Å². The van der Waals surface area contributed by atoms with Crippen molar-refractivity contribution in [3.63, 3.8) is 0 Å². The van der Waals surface area contributed by atoms with E-state index in [4.69, 9.17) is 4.74 Å². The molecule has 3 rings (SSSR count). The lowest BCUT2D eigenvalue weighted by Crippen LogP contribution is -2.15. The second kappa shape index (κ2) is 8.74. The minimum atomic E-state index is -3.78. The summed E-state index contributed by atoms with van der Waals surface area (Å²) in [6, 6.07) is 14.9. The number of carbonyl (C=O) groups is 1. The fraction of sp³-hybridized carbons (Fsp3) is 0.143. The fourth-order valence-electron chi connectivity index (χ4n) is 2.56. The Labute approximate surface area is 169 Å². The Morgan fingerprint density at radius 1 is 1.00 bits per heavy atom. The van der Waals surface area contributed by atoms with Crippen LogP contribution in [0.2, 0.25) is 0 Å². The van der Waals surface area contributed by atoms with E-state index < -0.39 is 15.9 Å². The van der Waals surface area contributed by atoms with E-state index in [1.54, 1.807) is 36.4 Å². The molecule has 0 aliphatic carbocycles.